The molecule has 1 N–H and O–H groups in total. The summed E-state index contributed by atoms with van der Waals surface area (Å²) in [6, 6.07) is 3.33. The summed E-state index contributed by atoms with van der Waals surface area (Å²) in [5.41, 5.74) is 5.49. The minimum absolute atomic E-state index is 0.149. The van der Waals surface area contributed by atoms with Crippen LogP contribution in [-0.2, 0) is 4.79 Å². The van der Waals surface area contributed by atoms with E-state index in [0.717, 1.165) is 23.4 Å². The van der Waals surface area contributed by atoms with E-state index in [-0.39, 0.29) is 17.3 Å². The zero-order chi connectivity index (χ0) is 16.5. The van der Waals surface area contributed by atoms with Crippen molar-refractivity contribution in [3.05, 3.63) is 35.2 Å². The van der Waals surface area contributed by atoms with Gasteiger partial charge in [-0.05, 0) is 45.4 Å². The zero-order valence-corrected chi connectivity index (χ0v) is 13.7. The first-order valence-corrected chi connectivity index (χ1v) is 7.37. The molecule has 1 heterocycles. The minimum atomic E-state index is -0.350. The third-order valence-corrected chi connectivity index (χ3v) is 3.84. The van der Waals surface area contributed by atoms with E-state index in [0.29, 0.717) is 5.56 Å². The standard InChI is InChI=1S/C17H22FN3O/c1-6-21-16-8-15(18)13(10-19-20-12(3)22)7-14(16)11(2)9-17(21,4)5/h7-10H,6H2,1-5H3,(H,20,22)/b19-10-. The van der Waals surface area contributed by atoms with Crippen LogP contribution in [0.15, 0.2) is 23.3 Å². The Bertz CT molecular complexity index is 662. The lowest BCUT2D eigenvalue weighted by atomic mass is 9.88. The van der Waals surface area contributed by atoms with Crippen LogP contribution >= 0.6 is 0 Å². The first-order chi connectivity index (χ1) is 10.3. The van der Waals surface area contributed by atoms with Crippen molar-refractivity contribution >= 4 is 23.4 Å². The number of nitrogens with zero attached hydrogens (tertiary/aromatic N) is 2. The predicted octanol–water partition coefficient (Wildman–Crippen LogP) is 3.32. The topological polar surface area (TPSA) is 44.7 Å². The van der Waals surface area contributed by atoms with Gasteiger partial charge in [-0.25, -0.2) is 9.82 Å². The van der Waals surface area contributed by atoms with E-state index in [2.05, 4.69) is 42.3 Å². The van der Waals surface area contributed by atoms with E-state index >= 15 is 0 Å². The van der Waals surface area contributed by atoms with E-state index in [1.807, 2.05) is 6.92 Å². The number of fused-ring (bicyclic) bond motifs is 1. The van der Waals surface area contributed by atoms with Gasteiger partial charge in [0.1, 0.15) is 5.82 Å². The van der Waals surface area contributed by atoms with Crippen LogP contribution in [0.4, 0.5) is 10.1 Å². The molecule has 1 aromatic rings. The van der Waals surface area contributed by atoms with E-state index in [9.17, 15) is 9.18 Å². The van der Waals surface area contributed by atoms with Gasteiger partial charge >= 0.3 is 0 Å². The molecule has 1 aliphatic heterocycles. The quantitative estimate of drug-likeness (QED) is 0.687. The Morgan fingerprint density at radius 2 is 2.14 bits per heavy atom. The summed E-state index contributed by atoms with van der Waals surface area (Å²) < 4.78 is 14.3. The second-order valence-corrected chi connectivity index (χ2v) is 6.04. The summed E-state index contributed by atoms with van der Waals surface area (Å²) in [5, 5.41) is 3.75. The van der Waals surface area contributed by atoms with E-state index in [4.69, 9.17) is 0 Å². The summed E-state index contributed by atoms with van der Waals surface area (Å²) in [6.45, 7) is 10.5. The number of benzene rings is 1. The Balaban J connectivity index is 2.49. The summed E-state index contributed by atoms with van der Waals surface area (Å²) >= 11 is 0. The highest BCUT2D eigenvalue weighted by Crippen LogP contribution is 2.39. The fourth-order valence-corrected chi connectivity index (χ4v) is 2.98. The molecular weight excluding hydrogens is 281 g/mol. The third-order valence-electron chi connectivity index (χ3n) is 3.84. The van der Waals surface area contributed by atoms with Crippen molar-refractivity contribution < 1.29 is 9.18 Å². The Morgan fingerprint density at radius 3 is 2.73 bits per heavy atom. The first-order valence-electron chi connectivity index (χ1n) is 7.37. The number of hydrazone groups is 1. The molecule has 1 aromatic carbocycles. The lowest BCUT2D eigenvalue weighted by Crippen LogP contribution is -2.45. The number of hydrogen-bond acceptors (Lipinski definition) is 3. The Hall–Kier alpha value is -2.17. The van der Waals surface area contributed by atoms with Crippen LogP contribution in [-0.4, -0.2) is 24.2 Å². The molecule has 0 aliphatic carbocycles. The van der Waals surface area contributed by atoms with E-state index in [1.165, 1.54) is 13.1 Å². The molecule has 0 aromatic heterocycles. The maximum Gasteiger partial charge on any atom is 0.236 e. The van der Waals surface area contributed by atoms with Gasteiger partial charge < -0.3 is 4.90 Å². The number of amides is 1. The molecule has 0 unspecified atom stereocenters. The number of carbonyl (C=O) groups is 1. The van der Waals surface area contributed by atoms with Crippen molar-refractivity contribution in [2.45, 2.75) is 40.2 Å². The molecule has 0 radical (unpaired) electrons. The molecule has 2 rings (SSSR count). The van der Waals surface area contributed by atoms with Gasteiger partial charge in [0, 0.05) is 30.3 Å². The highest BCUT2D eigenvalue weighted by Gasteiger charge is 2.30. The summed E-state index contributed by atoms with van der Waals surface area (Å²) in [4.78, 5) is 13.0. The van der Waals surface area contributed by atoms with Gasteiger partial charge in [0.2, 0.25) is 5.91 Å². The number of hydrogen-bond donors (Lipinski definition) is 1. The van der Waals surface area contributed by atoms with Crippen LogP contribution in [0.1, 0.15) is 45.7 Å². The molecule has 4 nitrogen and oxygen atoms in total. The van der Waals surface area contributed by atoms with Gasteiger partial charge in [0.25, 0.3) is 0 Å². The van der Waals surface area contributed by atoms with Crippen LogP contribution in [0, 0.1) is 5.82 Å². The Kier molecular flexibility index (Phi) is 4.35. The molecule has 0 saturated carbocycles. The van der Waals surface area contributed by atoms with E-state index in [1.54, 1.807) is 12.1 Å². The van der Waals surface area contributed by atoms with Crippen LogP contribution in [0.25, 0.3) is 5.57 Å². The number of carbonyl (C=O) groups excluding carboxylic acids is 1. The molecule has 0 fully saturated rings. The lowest BCUT2D eigenvalue weighted by Gasteiger charge is -2.42. The van der Waals surface area contributed by atoms with Crippen molar-refractivity contribution in [3.63, 3.8) is 0 Å². The number of nitrogens with one attached hydrogen (secondary N) is 1. The maximum atomic E-state index is 14.3. The number of halogens is 1. The minimum Gasteiger partial charge on any atom is -0.363 e. The molecule has 118 valence electrons. The molecule has 1 aliphatic rings. The van der Waals surface area contributed by atoms with Crippen molar-refractivity contribution in [1.82, 2.24) is 5.43 Å². The highest BCUT2D eigenvalue weighted by molar-refractivity contribution is 5.88. The van der Waals surface area contributed by atoms with Crippen molar-refractivity contribution in [2.75, 3.05) is 11.4 Å². The van der Waals surface area contributed by atoms with Gasteiger partial charge in [0.05, 0.1) is 11.8 Å². The zero-order valence-electron chi connectivity index (χ0n) is 13.7. The molecule has 0 atom stereocenters. The number of rotatable bonds is 3. The smallest absolute Gasteiger partial charge is 0.236 e. The molecule has 22 heavy (non-hydrogen) atoms. The monoisotopic (exact) mass is 303 g/mol. The molecule has 1 amide bonds. The average molecular weight is 303 g/mol. The summed E-state index contributed by atoms with van der Waals surface area (Å²) in [7, 11) is 0. The number of allylic oxidation sites excluding steroid dienone is 1. The summed E-state index contributed by atoms with van der Waals surface area (Å²) in [5.74, 6) is -0.638. The van der Waals surface area contributed by atoms with Crippen molar-refractivity contribution in [3.8, 4) is 0 Å². The maximum absolute atomic E-state index is 14.3. The van der Waals surface area contributed by atoms with Crippen molar-refractivity contribution in [2.24, 2.45) is 5.10 Å². The van der Waals surface area contributed by atoms with Crippen LogP contribution < -0.4 is 10.3 Å². The normalized spacial score (nSPS) is 16.5. The van der Waals surface area contributed by atoms with Crippen LogP contribution in [0.3, 0.4) is 0 Å². The predicted molar refractivity (Wildman–Crippen MR) is 88.6 cm³/mol. The molecule has 0 bridgehead atoms. The van der Waals surface area contributed by atoms with E-state index < -0.39 is 0 Å². The number of likely N-dealkylation sites (N-methyl/N-ethyl adjacent to an activating group) is 1. The van der Waals surface area contributed by atoms with Gasteiger partial charge in [-0.2, -0.15) is 5.10 Å². The first kappa shape index (κ1) is 16.2. The second kappa shape index (κ2) is 5.91. The lowest BCUT2D eigenvalue weighted by molar-refractivity contribution is -0.118. The van der Waals surface area contributed by atoms with Gasteiger partial charge in [0.15, 0.2) is 0 Å². The highest BCUT2D eigenvalue weighted by atomic mass is 19.1. The van der Waals surface area contributed by atoms with Crippen LogP contribution in [0.5, 0.6) is 0 Å². The SMILES string of the molecule is CCN1c2cc(F)c(/C=N\NC(C)=O)cc2C(C)=CC1(C)C. The van der Waals surface area contributed by atoms with Gasteiger partial charge in [-0.1, -0.05) is 6.08 Å². The number of anilines is 1. The Labute approximate surface area is 130 Å². The molecule has 0 spiro atoms. The van der Waals surface area contributed by atoms with Crippen molar-refractivity contribution in [1.29, 1.82) is 0 Å². The molecule has 0 saturated heterocycles. The fourth-order valence-electron chi connectivity index (χ4n) is 2.98. The Morgan fingerprint density at radius 1 is 1.45 bits per heavy atom. The van der Waals surface area contributed by atoms with Gasteiger partial charge in [-0.3, -0.25) is 4.79 Å². The third kappa shape index (κ3) is 3.03. The second-order valence-electron chi connectivity index (χ2n) is 6.04. The summed E-state index contributed by atoms with van der Waals surface area (Å²) in [6.07, 6.45) is 3.52. The molecule has 5 heteroatoms. The van der Waals surface area contributed by atoms with Gasteiger partial charge in [-0.15, -0.1) is 0 Å². The average Bonchev–Trinajstić information content (AvgIpc) is 2.39. The van der Waals surface area contributed by atoms with Crippen LogP contribution in [0.2, 0.25) is 0 Å². The molecular formula is C17H22FN3O. The largest absolute Gasteiger partial charge is 0.363 e. The fraction of sp³-hybridized carbons (Fsp3) is 0.412.